The molecule has 2 nitrogen and oxygen atoms in total. The van der Waals surface area contributed by atoms with Crippen LogP contribution in [0.15, 0.2) is 194 Å². The topological polar surface area (TPSA) is 9.86 Å². The van der Waals surface area contributed by atoms with Crippen LogP contribution in [0.4, 0.5) is 0 Å². The molecule has 0 bridgehead atoms. The summed E-state index contributed by atoms with van der Waals surface area (Å²) in [5, 5.41) is 5.10. The van der Waals surface area contributed by atoms with E-state index in [1.807, 2.05) is 0 Å². The lowest BCUT2D eigenvalue weighted by atomic mass is 9.81. The maximum Gasteiger partial charge on any atom is 0.0548 e. The summed E-state index contributed by atoms with van der Waals surface area (Å²) in [6.45, 7) is 4.73. The fourth-order valence-corrected chi connectivity index (χ4v) is 10.9. The van der Waals surface area contributed by atoms with E-state index < -0.39 is 0 Å². The Morgan fingerprint density at radius 1 is 0.288 bits per heavy atom. The summed E-state index contributed by atoms with van der Waals surface area (Å²) in [5.74, 6) is 0. The first-order valence-electron chi connectivity index (χ1n) is 20.7. The van der Waals surface area contributed by atoms with Gasteiger partial charge >= 0.3 is 0 Å². The van der Waals surface area contributed by atoms with E-state index in [2.05, 4.69) is 217 Å². The average molecular weight is 751 g/mol. The number of aromatic nitrogens is 2. The average Bonchev–Trinajstić information content (AvgIpc) is 3.88. The molecule has 0 amide bonds. The van der Waals surface area contributed by atoms with E-state index >= 15 is 0 Å². The van der Waals surface area contributed by atoms with Crippen LogP contribution in [0, 0.1) is 0 Å². The van der Waals surface area contributed by atoms with E-state index in [1.54, 1.807) is 0 Å². The Balaban J connectivity index is 1.08. The van der Waals surface area contributed by atoms with Crippen LogP contribution < -0.4 is 0 Å². The monoisotopic (exact) mass is 750 g/mol. The molecule has 0 fully saturated rings. The summed E-state index contributed by atoms with van der Waals surface area (Å²) in [6, 6.07) is 72.5. The summed E-state index contributed by atoms with van der Waals surface area (Å²) in [5.41, 5.74) is 22.6. The minimum atomic E-state index is -0.0830. The Kier molecular flexibility index (Phi) is 6.54. The van der Waals surface area contributed by atoms with Gasteiger partial charge < -0.3 is 9.13 Å². The van der Waals surface area contributed by atoms with Crippen LogP contribution in [-0.2, 0) is 5.41 Å². The molecule has 0 N–H and O–H groups in total. The molecule has 0 saturated heterocycles. The van der Waals surface area contributed by atoms with Gasteiger partial charge in [-0.15, -0.1) is 0 Å². The molecule has 276 valence electrons. The predicted octanol–water partition coefficient (Wildman–Crippen LogP) is 15.2. The lowest BCUT2D eigenvalue weighted by Gasteiger charge is -2.24. The molecule has 0 spiro atoms. The predicted molar refractivity (Wildman–Crippen MR) is 248 cm³/mol. The standard InChI is InChI=1S/C57H38N2/c1-57(2)49-24-12-9-21-44(49)45-30-28-36(34-50(45)57)59-52-26-14-11-23-47(52)56-54(59)32-31-53-55(56)46-22-10-13-25-51(46)58(53)35-27-29-43-41-19-6-5-17-39(41)37-15-3-4-16-38(37)40-18-7-8-20-42(40)48(43)33-35/h3-34H,1-2H3. The van der Waals surface area contributed by atoms with Crippen LogP contribution in [0.25, 0.3) is 111 Å². The summed E-state index contributed by atoms with van der Waals surface area (Å²) in [6.07, 6.45) is 0. The molecule has 0 saturated carbocycles. The third-order valence-corrected chi connectivity index (χ3v) is 13.5. The van der Waals surface area contributed by atoms with E-state index in [4.69, 9.17) is 0 Å². The van der Waals surface area contributed by atoms with Crippen LogP contribution in [0.2, 0.25) is 0 Å². The van der Waals surface area contributed by atoms with Gasteiger partial charge in [0.1, 0.15) is 0 Å². The number of hydrogen-bond donors (Lipinski definition) is 0. The van der Waals surface area contributed by atoms with Crippen LogP contribution in [0.3, 0.4) is 0 Å². The van der Waals surface area contributed by atoms with E-state index in [9.17, 15) is 0 Å². The molecule has 2 heterocycles. The number of hydrogen-bond acceptors (Lipinski definition) is 0. The first-order chi connectivity index (χ1) is 29.1. The second kappa shape index (κ2) is 11.8. The molecule has 2 aromatic heterocycles. The Labute approximate surface area is 342 Å². The Hall–Kier alpha value is -7.42. The van der Waals surface area contributed by atoms with E-state index in [0.717, 1.165) is 5.69 Å². The van der Waals surface area contributed by atoms with Crippen molar-refractivity contribution in [2.24, 2.45) is 0 Å². The summed E-state index contributed by atoms with van der Waals surface area (Å²) in [7, 11) is 0. The molecule has 0 aliphatic heterocycles. The highest BCUT2D eigenvalue weighted by molar-refractivity contribution is 6.29. The summed E-state index contributed by atoms with van der Waals surface area (Å²) >= 11 is 0. The second-order valence-electron chi connectivity index (χ2n) is 16.8. The molecule has 13 rings (SSSR count). The van der Waals surface area contributed by atoms with Gasteiger partial charge in [-0.2, -0.15) is 0 Å². The molecule has 0 atom stereocenters. The van der Waals surface area contributed by atoms with Crippen molar-refractivity contribution >= 4 is 43.6 Å². The van der Waals surface area contributed by atoms with Gasteiger partial charge in [0.05, 0.1) is 22.1 Å². The fourth-order valence-electron chi connectivity index (χ4n) is 10.9. The number of para-hydroxylation sites is 2. The van der Waals surface area contributed by atoms with E-state index in [-0.39, 0.29) is 5.41 Å². The van der Waals surface area contributed by atoms with Gasteiger partial charge in [0.2, 0.25) is 0 Å². The number of nitrogens with zero attached hydrogens (tertiary/aromatic N) is 2. The highest BCUT2D eigenvalue weighted by atomic mass is 15.0. The fraction of sp³-hybridized carbons (Fsp3) is 0.0526. The zero-order chi connectivity index (χ0) is 39.0. The molecule has 9 aromatic carbocycles. The number of fused-ring (bicyclic) bond motifs is 18. The summed E-state index contributed by atoms with van der Waals surface area (Å²) < 4.78 is 4.99. The van der Waals surface area contributed by atoms with Crippen molar-refractivity contribution in [2.45, 2.75) is 19.3 Å². The van der Waals surface area contributed by atoms with Crippen LogP contribution >= 0.6 is 0 Å². The van der Waals surface area contributed by atoms with Crippen molar-refractivity contribution in [2.75, 3.05) is 0 Å². The van der Waals surface area contributed by atoms with E-state index in [0.29, 0.717) is 0 Å². The SMILES string of the molecule is CC1(C)c2ccccc2-c2ccc(-n3c4ccccc4c4c5c6ccccc6n(-c6ccc7c(c6)-c6ccccc6-c6ccccc6-c6ccccc6-7)c5ccc43)cc21. The van der Waals surface area contributed by atoms with Gasteiger partial charge in [0.15, 0.2) is 0 Å². The zero-order valence-electron chi connectivity index (χ0n) is 32.9. The number of benzene rings is 9. The molecule has 0 radical (unpaired) electrons. The Morgan fingerprint density at radius 2 is 0.661 bits per heavy atom. The van der Waals surface area contributed by atoms with Gasteiger partial charge in [0.25, 0.3) is 0 Å². The molecule has 11 aromatic rings. The van der Waals surface area contributed by atoms with Crippen molar-refractivity contribution in [1.82, 2.24) is 9.13 Å². The zero-order valence-corrected chi connectivity index (χ0v) is 32.9. The van der Waals surface area contributed by atoms with Crippen LogP contribution in [0.1, 0.15) is 25.0 Å². The van der Waals surface area contributed by atoms with Gasteiger partial charge in [-0.05, 0) is 115 Å². The van der Waals surface area contributed by atoms with Crippen molar-refractivity contribution in [3.8, 4) is 67.0 Å². The van der Waals surface area contributed by atoms with Crippen LogP contribution in [0.5, 0.6) is 0 Å². The molecule has 2 aliphatic carbocycles. The van der Waals surface area contributed by atoms with Crippen molar-refractivity contribution in [3.05, 3.63) is 205 Å². The van der Waals surface area contributed by atoms with Gasteiger partial charge in [-0.1, -0.05) is 159 Å². The molecule has 0 unspecified atom stereocenters. The Bertz CT molecular complexity index is 3580. The minimum Gasteiger partial charge on any atom is -0.309 e. The van der Waals surface area contributed by atoms with Crippen LogP contribution in [-0.4, -0.2) is 9.13 Å². The molecule has 2 aliphatic rings. The molecule has 2 heteroatoms. The number of rotatable bonds is 2. The minimum absolute atomic E-state index is 0.0830. The first kappa shape index (κ1) is 32.6. The van der Waals surface area contributed by atoms with Crippen molar-refractivity contribution in [1.29, 1.82) is 0 Å². The maximum atomic E-state index is 2.49. The lowest BCUT2D eigenvalue weighted by Crippen LogP contribution is -2.15. The van der Waals surface area contributed by atoms with Gasteiger partial charge in [0, 0.05) is 38.3 Å². The highest BCUT2D eigenvalue weighted by Gasteiger charge is 2.35. The normalized spacial score (nSPS) is 13.4. The third kappa shape index (κ3) is 4.35. The molecule has 59 heavy (non-hydrogen) atoms. The highest BCUT2D eigenvalue weighted by Crippen LogP contribution is 2.51. The molecular formula is C57H38N2. The largest absolute Gasteiger partial charge is 0.309 e. The quantitative estimate of drug-likeness (QED) is 0.167. The lowest BCUT2D eigenvalue weighted by molar-refractivity contribution is 0.660. The third-order valence-electron chi connectivity index (χ3n) is 13.5. The van der Waals surface area contributed by atoms with Gasteiger partial charge in [-0.3, -0.25) is 0 Å². The van der Waals surface area contributed by atoms with Crippen molar-refractivity contribution in [3.63, 3.8) is 0 Å². The Morgan fingerprint density at radius 3 is 1.19 bits per heavy atom. The van der Waals surface area contributed by atoms with Crippen molar-refractivity contribution < 1.29 is 0 Å². The smallest absolute Gasteiger partial charge is 0.0548 e. The second-order valence-corrected chi connectivity index (χ2v) is 16.8. The maximum absolute atomic E-state index is 2.49. The van der Waals surface area contributed by atoms with E-state index in [1.165, 1.54) is 116 Å². The molecular weight excluding hydrogens is 713 g/mol. The van der Waals surface area contributed by atoms with Gasteiger partial charge in [-0.25, -0.2) is 0 Å². The first-order valence-corrected chi connectivity index (χ1v) is 20.7. The summed E-state index contributed by atoms with van der Waals surface area (Å²) in [4.78, 5) is 0.